The first-order chi connectivity index (χ1) is 7.14. The van der Waals surface area contributed by atoms with Crippen molar-refractivity contribution in [3.63, 3.8) is 0 Å². The minimum absolute atomic E-state index is 0.0358. The Morgan fingerprint density at radius 1 is 1.60 bits per heavy atom. The fourth-order valence-corrected chi connectivity index (χ4v) is 2.39. The van der Waals surface area contributed by atoms with E-state index in [-0.39, 0.29) is 11.6 Å². The number of hydrogen-bond acceptors (Lipinski definition) is 3. The fourth-order valence-electron chi connectivity index (χ4n) is 2.39. The maximum atomic E-state index is 5.92. The van der Waals surface area contributed by atoms with Crippen molar-refractivity contribution >= 4 is 0 Å². The van der Waals surface area contributed by atoms with Gasteiger partial charge in [-0.3, -0.25) is 0 Å². The van der Waals surface area contributed by atoms with Gasteiger partial charge in [-0.25, -0.2) is 0 Å². The van der Waals surface area contributed by atoms with E-state index in [1.54, 1.807) is 7.11 Å². The summed E-state index contributed by atoms with van der Waals surface area (Å²) < 4.78 is 5.56. The quantitative estimate of drug-likeness (QED) is 0.678. The second-order valence-corrected chi connectivity index (χ2v) is 4.64. The van der Waals surface area contributed by atoms with Crippen molar-refractivity contribution in [2.24, 2.45) is 5.73 Å². The summed E-state index contributed by atoms with van der Waals surface area (Å²) in [7, 11) is 1.78. The molecular formula is C12H24N2O. The zero-order valence-corrected chi connectivity index (χ0v) is 10.0. The van der Waals surface area contributed by atoms with Crippen LogP contribution in [-0.4, -0.2) is 31.8 Å². The summed E-state index contributed by atoms with van der Waals surface area (Å²) in [5, 5.41) is 3.54. The van der Waals surface area contributed by atoms with Crippen molar-refractivity contribution in [1.29, 1.82) is 0 Å². The molecule has 0 saturated heterocycles. The molecule has 3 nitrogen and oxygen atoms in total. The van der Waals surface area contributed by atoms with E-state index < -0.39 is 0 Å². The fraction of sp³-hybridized carbons (Fsp3) is 0.833. The van der Waals surface area contributed by atoms with Gasteiger partial charge in [-0.2, -0.15) is 0 Å². The molecule has 0 radical (unpaired) electrons. The van der Waals surface area contributed by atoms with Crippen LogP contribution in [0.15, 0.2) is 12.2 Å². The molecule has 0 heterocycles. The molecule has 1 saturated carbocycles. The Hall–Kier alpha value is -0.380. The largest absolute Gasteiger partial charge is 0.379 e. The Bertz CT molecular complexity index is 218. The van der Waals surface area contributed by atoms with Crippen LogP contribution < -0.4 is 11.1 Å². The molecule has 1 rings (SSSR count). The molecule has 1 aliphatic carbocycles. The minimum atomic E-state index is -0.0358. The van der Waals surface area contributed by atoms with E-state index in [0.29, 0.717) is 6.54 Å². The van der Waals surface area contributed by atoms with Gasteiger partial charge in [-0.15, -0.1) is 0 Å². The number of methoxy groups -OCH3 is 1. The molecule has 0 bridgehead atoms. The lowest BCUT2D eigenvalue weighted by atomic mass is 9.79. The van der Waals surface area contributed by atoms with Gasteiger partial charge in [-0.05, 0) is 19.8 Å². The van der Waals surface area contributed by atoms with Gasteiger partial charge in [-0.1, -0.05) is 25.0 Å². The molecule has 0 spiro atoms. The molecule has 0 aliphatic heterocycles. The molecule has 88 valence electrons. The van der Waals surface area contributed by atoms with Crippen LogP contribution in [0.4, 0.5) is 0 Å². The molecule has 3 N–H and O–H groups in total. The first-order valence-electron chi connectivity index (χ1n) is 5.77. The topological polar surface area (TPSA) is 47.3 Å². The summed E-state index contributed by atoms with van der Waals surface area (Å²) >= 11 is 0. The number of ether oxygens (including phenoxy) is 1. The lowest BCUT2D eigenvalue weighted by Crippen LogP contribution is -2.61. The van der Waals surface area contributed by atoms with E-state index in [1.807, 2.05) is 6.92 Å². The minimum Gasteiger partial charge on any atom is -0.379 e. The molecule has 3 heteroatoms. The lowest BCUT2D eigenvalue weighted by molar-refractivity contribution is -0.00711. The van der Waals surface area contributed by atoms with Gasteiger partial charge in [0.05, 0.1) is 11.6 Å². The van der Waals surface area contributed by atoms with E-state index >= 15 is 0 Å². The highest BCUT2D eigenvalue weighted by Crippen LogP contribution is 2.29. The Morgan fingerprint density at radius 3 is 2.87 bits per heavy atom. The molecule has 0 aromatic carbocycles. The number of nitrogens with two attached hydrogens (primary N) is 1. The molecule has 15 heavy (non-hydrogen) atoms. The van der Waals surface area contributed by atoms with Crippen molar-refractivity contribution in [2.45, 2.75) is 44.2 Å². The monoisotopic (exact) mass is 212 g/mol. The normalized spacial score (nSPS) is 31.5. The van der Waals surface area contributed by atoms with Crippen LogP contribution in [0.1, 0.15) is 32.6 Å². The van der Waals surface area contributed by atoms with Crippen molar-refractivity contribution in [3.8, 4) is 0 Å². The molecule has 0 amide bonds. The molecule has 0 aromatic rings. The highest BCUT2D eigenvalue weighted by atomic mass is 16.5. The highest BCUT2D eigenvalue weighted by molar-refractivity contribution is 5.03. The van der Waals surface area contributed by atoms with Crippen molar-refractivity contribution in [1.82, 2.24) is 5.32 Å². The zero-order valence-electron chi connectivity index (χ0n) is 10.0. The Morgan fingerprint density at radius 2 is 2.33 bits per heavy atom. The van der Waals surface area contributed by atoms with Crippen LogP contribution in [0.3, 0.4) is 0 Å². The molecule has 1 fully saturated rings. The van der Waals surface area contributed by atoms with E-state index in [1.165, 1.54) is 12.8 Å². The number of rotatable bonds is 5. The molecular weight excluding hydrogens is 188 g/mol. The van der Waals surface area contributed by atoms with Gasteiger partial charge >= 0.3 is 0 Å². The van der Waals surface area contributed by atoms with Gasteiger partial charge in [0.2, 0.25) is 0 Å². The molecule has 1 aliphatic rings. The third kappa shape index (κ3) is 3.03. The third-order valence-corrected chi connectivity index (χ3v) is 3.35. The molecule has 2 atom stereocenters. The SMILES string of the molecule is C=C(C)CNC1(CN)CCCCC1OC. The predicted octanol–water partition coefficient (Wildman–Crippen LogP) is 1.44. The standard InChI is InChI=1S/C12H24N2O/c1-10(2)8-14-12(9-13)7-5-4-6-11(12)15-3/h11,14H,1,4-9,13H2,2-3H3. The van der Waals surface area contributed by atoms with E-state index in [2.05, 4.69) is 11.9 Å². The summed E-state index contributed by atoms with van der Waals surface area (Å²) in [5.74, 6) is 0. The maximum Gasteiger partial charge on any atom is 0.0765 e. The second kappa shape index (κ2) is 5.64. The smallest absolute Gasteiger partial charge is 0.0765 e. The summed E-state index contributed by atoms with van der Waals surface area (Å²) in [6, 6.07) is 0. The van der Waals surface area contributed by atoms with Crippen LogP contribution in [0.2, 0.25) is 0 Å². The summed E-state index contributed by atoms with van der Waals surface area (Å²) in [5.41, 5.74) is 7.02. The van der Waals surface area contributed by atoms with Crippen LogP contribution in [0, 0.1) is 0 Å². The van der Waals surface area contributed by atoms with Crippen molar-refractivity contribution in [2.75, 3.05) is 20.2 Å². The first kappa shape index (κ1) is 12.7. The zero-order chi connectivity index (χ0) is 11.3. The summed E-state index contributed by atoms with van der Waals surface area (Å²) in [6.45, 7) is 7.41. The average Bonchev–Trinajstić information content (AvgIpc) is 2.26. The van der Waals surface area contributed by atoms with Crippen LogP contribution in [0.5, 0.6) is 0 Å². The van der Waals surface area contributed by atoms with Gasteiger partial charge in [0, 0.05) is 20.2 Å². The van der Waals surface area contributed by atoms with Crippen LogP contribution in [-0.2, 0) is 4.74 Å². The Balaban J connectivity index is 2.65. The third-order valence-electron chi connectivity index (χ3n) is 3.35. The summed E-state index contributed by atoms with van der Waals surface area (Å²) in [6.07, 6.45) is 4.94. The van der Waals surface area contributed by atoms with Crippen LogP contribution >= 0.6 is 0 Å². The maximum absolute atomic E-state index is 5.92. The predicted molar refractivity (Wildman–Crippen MR) is 63.9 cm³/mol. The number of nitrogens with one attached hydrogen (secondary N) is 1. The van der Waals surface area contributed by atoms with Crippen molar-refractivity contribution < 1.29 is 4.74 Å². The number of hydrogen-bond donors (Lipinski definition) is 2. The van der Waals surface area contributed by atoms with Crippen LogP contribution in [0.25, 0.3) is 0 Å². The van der Waals surface area contributed by atoms with Gasteiger partial charge in [0.1, 0.15) is 0 Å². The Labute approximate surface area is 93.1 Å². The highest BCUT2D eigenvalue weighted by Gasteiger charge is 2.39. The first-order valence-corrected chi connectivity index (χ1v) is 5.77. The van der Waals surface area contributed by atoms with E-state index in [4.69, 9.17) is 10.5 Å². The summed E-state index contributed by atoms with van der Waals surface area (Å²) in [4.78, 5) is 0. The molecule has 2 unspecified atom stereocenters. The van der Waals surface area contributed by atoms with E-state index in [0.717, 1.165) is 25.0 Å². The molecule has 0 aromatic heterocycles. The van der Waals surface area contributed by atoms with E-state index in [9.17, 15) is 0 Å². The Kier molecular flexibility index (Phi) is 4.77. The second-order valence-electron chi connectivity index (χ2n) is 4.64. The van der Waals surface area contributed by atoms with Gasteiger partial charge in [0.25, 0.3) is 0 Å². The van der Waals surface area contributed by atoms with Gasteiger partial charge < -0.3 is 15.8 Å². The van der Waals surface area contributed by atoms with Crippen molar-refractivity contribution in [3.05, 3.63) is 12.2 Å². The average molecular weight is 212 g/mol. The van der Waals surface area contributed by atoms with Gasteiger partial charge in [0.15, 0.2) is 0 Å². The lowest BCUT2D eigenvalue weighted by Gasteiger charge is -2.43.